The molecule has 3 aromatic heterocycles. The molecule has 0 aliphatic carbocycles. The molecule has 0 aliphatic heterocycles. The maximum Gasteiger partial charge on any atom is 0.433 e. The standard InChI is InChI=1S/C21H15BrF3N5O2S/c1-10(30-9-12(22)8-27-30)19(32)29-16-15-13(11-5-3-2-4-6-11)7-14(21(23,24)25)28-20(15)33-17(16)18(26)31/h2-10H,1H3,(H2,26,31)(H,29,32). The second-order valence-corrected chi connectivity index (χ2v) is 8.99. The van der Waals surface area contributed by atoms with Crippen molar-refractivity contribution in [2.24, 2.45) is 5.73 Å². The second-order valence-electron chi connectivity index (χ2n) is 7.07. The van der Waals surface area contributed by atoms with Gasteiger partial charge in [0.1, 0.15) is 21.4 Å². The molecule has 1 unspecified atom stereocenters. The number of nitrogens with two attached hydrogens (primary N) is 1. The van der Waals surface area contributed by atoms with E-state index in [0.717, 1.165) is 6.07 Å². The molecule has 0 saturated carbocycles. The van der Waals surface area contributed by atoms with Crippen molar-refractivity contribution in [2.45, 2.75) is 19.1 Å². The lowest BCUT2D eigenvalue weighted by atomic mass is 10.0. The van der Waals surface area contributed by atoms with Crippen LogP contribution in [-0.4, -0.2) is 26.6 Å². The van der Waals surface area contributed by atoms with Gasteiger partial charge in [0.25, 0.3) is 5.91 Å². The topological polar surface area (TPSA) is 103 Å². The van der Waals surface area contributed by atoms with Crippen LogP contribution in [0.15, 0.2) is 53.3 Å². The van der Waals surface area contributed by atoms with Gasteiger partial charge in [0.05, 0.1) is 16.4 Å². The quantitative estimate of drug-likeness (QED) is 0.363. The van der Waals surface area contributed by atoms with E-state index in [-0.39, 0.29) is 26.3 Å². The molecule has 33 heavy (non-hydrogen) atoms. The third-order valence-electron chi connectivity index (χ3n) is 4.86. The van der Waals surface area contributed by atoms with E-state index in [4.69, 9.17) is 5.73 Å². The van der Waals surface area contributed by atoms with E-state index < -0.39 is 29.7 Å². The summed E-state index contributed by atoms with van der Waals surface area (Å²) < 4.78 is 42.7. The SMILES string of the molecule is CC(C(=O)Nc1c(C(N)=O)sc2nc(C(F)(F)F)cc(-c3ccccc3)c12)n1cc(Br)cn1. The molecule has 0 radical (unpaired) electrons. The first-order valence-corrected chi connectivity index (χ1v) is 11.1. The number of nitrogens with zero attached hydrogens (tertiary/aromatic N) is 3. The van der Waals surface area contributed by atoms with Gasteiger partial charge in [-0.25, -0.2) is 4.98 Å². The predicted octanol–water partition coefficient (Wildman–Crippen LogP) is 5.24. The average molecular weight is 538 g/mol. The molecule has 170 valence electrons. The number of primary amides is 1. The summed E-state index contributed by atoms with van der Waals surface area (Å²) in [6.45, 7) is 1.59. The Morgan fingerprint density at radius 3 is 2.52 bits per heavy atom. The van der Waals surface area contributed by atoms with Crippen LogP contribution in [0.1, 0.15) is 28.3 Å². The molecule has 0 spiro atoms. The highest BCUT2D eigenvalue weighted by Crippen LogP contribution is 2.43. The number of aromatic nitrogens is 3. The van der Waals surface area contributed by atoms with Crippen molar-refractivity contribution in [2.75, 3.05) is 5.32 Å². The molecule has 0 bridgehead atoms. The van der Waals surface area contributed by atoms with Crippen molar-refractivity contribution in [1.29, 1.82) is 0 Å². The Morgan fingerprint density at radius 2 is 1.94 bits per heavy atom. The van der Waals surface area contributed by atoms with Gasteiger partial charge in [-0.1, -0.05) is 30.3 Å². The van der Waals surface area contributed by atoms with Gasteiger partial charge >= 0.3 is 6.18 Å². The minimum atomic E-state index is -4.71. The highest BCUT2D eigenvalue weighted by Gasteiger charge is 2.35. The van der Waals surface area contributed by atoms with Crippen LogP contribution < -0.4 is 11.1 Å². The lowest BCUT2D eigenvalue weighted by molar-refractivity contribution is -0.140. The van der Waals surface area contributed by atoms with Gasteiger partial charge in [0.15, 0.2) is 0 Å². The first-order chi connectivity index (χ1) is 15.6. The van der Waals surface area contributed by atoms with Crippen LogP contribution in [-0.2, 0) is 11.0 Å². The number of amides is 2. The third-order valence-corrected chi connectivity index (χ3v) is 6.36. The summed E-state index contributed by atoms with van der Waals surface area (Å²) in [5, 5.41) is 6.94. The third kappa shape index (κ3) is 4.48. The number of alkyl halides is 3. The van der Waals surface area contributed by atoms with Crippen LogP contribution >= 0.6 is 27.3 Å². The summed E-state index contributed by atoms with van der Waals surface area (Å²) in [6.07, 6.45) is -1.60. The van der Waals surface area contributed by atoms with Crippen LogP contribution in [0, 0.1) is 0 Å². The van der Waals surface area contributed by atoms with Gasteiger partial charge in [-0.15, -0.1) is 11.3 Å². The summed E-state index contributed by atoms with van der Waals surface area (Å²) in [5.41, 5.74) is 5.04. The van der Waals surface area contributed by atoms with Crippen molar-refractivity contribution in [1.82, 2.24) is 14.8 Å². The molecule has 0 saturated heterocycles. The van der Waals surface area contributed by atoms with Gasteiger partial charge in [-0.05, 0) is 40.0 Å². The Kier molecular flexibility index (Phi) is 5.97. The van der Waals surface area contributed by atoms with E-state index in [2.05, 4.69) is 31.3 Å². The molecule has 0 aliphatic rings. The molecule has 2 amide bonds. The number of fused-ring (bicyclic) bond motifs is 1. The largest absolute Gasteiger partial charge is 0.433 e. The van der Waals surface area contributed by atoms with E-state index in [1.807, 2.05) is 0 Å². The number of rotatable bonds is 5. The fourth-order valence-electron chi connectivity index (χ4n) is 3.26. The first kappa shape index (κ1) is 22.9. The number of nitrogens with one attached hydrogen (secondary N) is 1. The van der Waals surface area contributed by atoms with Gasteiger partial charge in [-0.2, -0.15) is 18.3 Å². The minimum absolute atomic E-state index is 0.0191. The lowest BCUT2D eigenvalue weighted by Gasteiger charge is -2.15. The highest BCUT2D eigenvalue weighted by molar-refractivity contribution is 9.10. The highest BCUT2D eigenvalue weighted by atomic mass is 79.9. The number of carbonyl (C=O) groups excluding carboxylic acids is 2. The molecule has 4 rings (SSSR count). The Labute approximate surface area is 197 Å². The van der Waals surface area contributed by atoms with Crippen molar-refractivity contribution < 1.29 is 22.8 Å². The first-order valence-electron chi connectivity index (χ1n) is 9.46. The Bertz CT molecular complexity index is 1370. The number of halogens is 4. The molecule has 1 aromatic carbocycles. The summed E-state index contributed by atoms with van der Waals surface area (Å²) in [5.74, 6) is -1.43. The van der Waals surface area contributed by atoms with Crippen LogP contribution in [0.3, 0.4) is 0 Å². The molecule has 7 nitrogen and oxygen atoms in total. The summed E-state index contributed by atoms with van der Waals surface area (Å²) in [7, 11) is 0. The van der Waals surface area contributed by atoms with Gasteiger partial charge < -0.3 is 11.1 Å². The van der Waals surface area contributed by atoms with E-state index in [1.165, 1.54) is 10.9 Å². The Balaban J connectivity index is 1.92. The van der Waals surface area contributed by atoms with Crippen molar-refractivity contribution >= 4 is 55.0 Å². The summed E-state index contributed by atoms with van der Waals surface area (Å²) in [4.78, 5) is 28.7. The molecule has 3 N–H and O–H groups in total. The average Bonchev–Trinajstić information content (AvgIpc) is 3.36. The van der Waals surface area contributed by atoms with E-state index >= 15 is 0 Å². The van der Waals surface area contributed by atoms with E-state index in [0.29, 0.717) is 21.4 Å². The Morgan fingerprint density at radius 1 is 1.24 bits per heavy atom. The van der Waals surface area contributed by atoms with Crippen molar-refractivity contribution in [3.05, 3.63) is 63.8 Å². The van der Waals surface area contributed by atoms with Crippen LogP contribution in [0.2, 0.25) is 0 Å². The number of carbonyl (C=O) groups is 2. The maximum absolute atomic E-state index is 13.6. The number of pyridine rings is 1. The molecular weight excluding hydrogens is 523 g/mol. The molecule has 1 atom stereocenters. The van der Waals surface area contributed by atoms with Crippen LogP contribution in [0.25, 0.3) is 21.3 Å². The lowest BCUT2D eigenvalue weighted by Crippen LogP contribution is -2.25. The minimum Gasteiger partial charge on any atom is -0.365 e. The van der Waals surface area contributed by atoms with Gasteiger partial charge in [0.2, 0.25) is 5.91 Å². The summed E-state index contributed by atoms with van der Waals surface area (Å²) in [6, 6.07) is 8.45. The van der Waals surface area contributed by atoms with E-state index in [1.54, 1.807) is 43.5 Å². The van der Waals surface area contributed by atoms with Gasteiger partial charge in [-0.3, -0.25) is 14.3 Å². The number of hydrogen-bond donors (Lipinski definition) is 2. The zero-order valence-electron chi connectivity index (χ0n) is 16.9. The number of hydrogen-bond acceptors (Lipinski definition) is 5. The molecule has 0 fully saturated rings. The fraction of sp³-hybridized carbons (Fsp3) is 0.143. The molecule has 12 heteroatoms. The fourth-order valence-corrected chi connectivity index (χ4v) is 4.56. The van der Waals surface area contributed by atoms with Crippen molar-refractivity contribution in [3.63, 3.8) is 0 Å². The maximum atomic E-state index is 13.6. The Hall–Kier alpha value is -3.25. The zero-order valence-corrected chi connectivity index (χ0v) is 19.3. The van der Waals surface area contributed by atoms with Crippen molar-refractivity contribution in [3.8, 4) is 11.1 Å². The normalized spacial score (nSPS) is 12.6. The molecule has 3 heterocycles. The number of anilines is 1. The smallest absolute Gasteiger partial charge is 0.365 e. The molecule has 4 aromatic rings. The second kappa shape index (κ2) is 8.60. The summed E-state index contributed by atoms with van der Waals surface area (Å²) >= 11 is 3.95. The van der Waals surface area contributed by atoms with Gasteiger partial charge in [0, 0.05) is 11.6 Å². The number of thiophene rings is 1. The monoisotopic (exact) mass is 537 g/mol. The van der Waals surface area contributed by atoms with Crippen LogP contribution in [0.5, 0.6) is 0 Å². The molecular formula is C21H15BrF3N5O2S. The predicted molar refractivity (Wildman–Crippen MR) is 122 cm³/mol. The van der Waals surface area contributed by atoms with E-state index in [9.17, 15) is 22.8 Å². The zero-order chi connectivity index (χ0) is 23.9. The number of benzene rings is 1. The van der Waals surface area contributed by atoms with Crippen LogP contribution in [0.4, 0.5) is 18.9 Å².